The van der Waals surface area contributed by atoms with Crippen molar-refractivity contribution in [2.45, 2.75) is 63.8 Å². The van der Waals surface area contributed by atoms with E-state index in [-0.39, 0.29) is 12.2 Å². The van der Waals surface area contributed by atoms with Crippen LogP contribution in [0.2, 0.25) is 0 Å². The summed E-state index contributed by atoms with van der Waals surface area (Å²) in [6.45, 7) is 5.94. The highest BCUT2D eigenvalue weighted by Gasteiger charge is 2.34. The first kappa shape index (κ1) is 31.5. The van der Waals surface area contributed by atoms with E-state index in [4.69, 9.17) is 4.74 Å². The standard InChI is InChI=1S/C38H41N3O5/c1-38(2,36(43)44)41-35(42)32-25-29-17-9-10-18-30(29)26-33(32)40(37(41)45)22-12-11-21-39-23-19-31(20-24-39)46-34(27-13-5-3-6-14-27)28-15-7-4-8-16-28/h3-10,13-18,25-26,31,34H,11-12,19-24H2,1-2H3,(H,43,44). The second kappa shape index (κ2) is 13.4. The molecule has 0 radical (unpaired) electrons. The van der Waals surface area contributed by atoms with Crippen LogP contribution in [0.4, 0.5) is 0 Å². The summed E-state index contributed by atoms with van der Waals surface area (Å²) in [5.41, 5.74) is -0.0152. The van der Waals surface area contributed by atoms with Crippen molar-refractivity contribution >= 4 is 27.6 Å². The van der Waals surface area contributed by atoms with Gasteiger partial charge in [0, 0.05) is 19.6 Å². The van der Waals surface area contributed by atoms with Gasteiger partial charge in [0.15, 0.2) is 0 Å². The molecule has 1 aliphatic rings. The lowest BCUT2D eigenvalue weighted by atomic mass is 10.00. The molecule has 0 unspecified atom stereocenters. The van der Waals surface area contributed by atoms with Gasteiger partial charge in [-0.25, -0.2) is 14.2 Å². The Kier molecular flexibility index (Phi) is 9.20. The van der Waals surface area contributed by atoms with Crippen LogP contribution in [-0.2, 0) is 21.6 Å². The average molecular weight is 620 g/mol. The number of aryl methyl sites for hydroxylation is 1. The van der Waals surface area contributed by atoms with Crippen LogP contribution in [0.15, 0.2) is 107 Å². The minimum atomic E-state index is -1.69. The van der Waals surface area contributed by atoms with Gasteiger partial charge in [0.05, 0.1) is 17.0 Å². The molecule has 0 aliphatic carbocycles. The minimum absolute atomic E-state index is 0.0985. The number of aromatic nitrogens is 2. The summed E-state index contributed by atoms with van der Waals surface area (Å²) in [5, 5.41) is 12.0. The number of rotatable bonds is 11. The van der Waals surface area contributed by atoms with Crippen molar-refractivity contribution in [1.29, 1.82) is 0 Å². The van der Waals surface area contributed by atoms with Gasteiger partial charge in [-0.3, -0.25) is 9.36 Å². The number of hydrogen-bond donors (Lipinski definition) is 1. The van der Waals surface area contributed by atoms with Crippen LogP contribution < -0.4 is 11.2 Å². The van der Waals surface area contributed by atoms with Crippen LogP contribution in [-0.4, -0.2) is 50.8 Å². The Morgan fingerprint density at radius 2 is 1.37 bits per heavy atom. The smallest absolute Gasteiger partial charge is 0.332 e. The molecule has 0 amide bonds. The lowest BCUT2D eigenvalue weighted by molar-refractivity contribution is -0.146. The molecule has 8 nitrogen and oxygen atoms in total. The summed E-state index contributed by atoms with van der Waals surface area (Å²) in [4.78, 5) is 41.9. The van der Waals surface area contributed by atoms with Crippen LogP contribution in [0.1, 0.15) is 56.8 Å². The van der Waals surface area contributed by atoms with Crippen molar-refractivity contribution in [3.63, 3.8) is 0 Å². The number of carboxylic acids is 1. The van der Waals surface area contributed by atoms with E-state index in [0.717, 1.165) is 65.4 Å². The molecule has 1 saturated heterocycles. The van der Waals surface area contributed by atoms with Crippen LogP contribution in [0, 0.1) is 0 Å². The molecule has 46 heavy (non-hydrogen) atoms. The molecule has 4 aromatic carbocycles. The first-order chi connectivity index (χ1) is 22.2. The number of aliphatic carboxylic acids is 1. The number of unbranched alkanes of at least 4 members (excludes halogenated alkanes) is 1. The number of benzene rings is 4. The first-order valence-corrected chi connectivity index (χ1v) is 16.1. The molecule has 0 saturated carbocycles. The maximum absolute atomic E-state index is 13.8. The largest absolute Gasteiger partial charge is 0.480 e. The Labute approximate surface area is 268 Å². The van der Waals surface area contributed by atoms with Crippen LogP contribution >= 0.6 is 0 Å². The van der Waals surface area contributed by atoms with Crippen molar-refractivity contribution in [2.24, 2.45) is 0 Å². The van der Waals surface area contributed by atoms with E-state index in [9.17, 15) is 19.5 Å². The molecule has 238 valence electrons. The van der Waals surface area contributed by atoms with E-state index in [2.05, 4.69) is 53.4 Å². The second-order valence-electron chi connectivity index (χ2n) is 12.7. The van der Waals surface area contributed by atoms with Crippen LogP contribution in [0.5, 0.6) is 0 Å². The summed E-state index contributed by atoms with van der Waals surface area (Å²) in [5.74, 6) is -1.23. The molecule has 5 aromatic rings. The summed E-state index contributed by atoms with van der Waals surface area (Å²) < 4.78 is 9.19. The van der Waals surface area contributed by atoms with Gasteiger partial charge in [-0.1, -0.05) is 84.9 Å². The zero-order valence-corrected chi connectivity index (χ0v) is 26.5. The molecule has 1 N–H and O–H groups in total. The minimum Gasteiger partial charge on any atom is -0.480 e. The normalized spacial score (nSPS) is 14.8. The third kappa shape index (κ3) is 6.41. The third-order valence-corrected chi connectivity index (χ3v) is 9.27. The molecular formula is C38H41N3O5. The van der Waals surface area contributed by atoms with Gasteiger partial charge in [-0.2, -0.15) is 0 Å². The van der Waals surface area contributed by atoms with Crippen molar-refractivity contribution < 1.29 is 14.6 Å². The average Bonchev–Trinajstić information content (AvgIpc) is 3.07. The van der Waals surface area contributed by atoms with Gasteiger partial charge in [0.25, 0.3) is 5.56 Å². The fourth-order valence-corrected chi connectivity index (χ4v) is 6.53. The SMILES string of the molecule is CC(C)(C(=O)O)n1c(=O)c2cc3ccccc3cc2n(CCCCN2CCC(OC(c3ccccc3)c3ccccc3)CC2)c1=O. The van der Waals surface area contributed by atoms with Gasteiger partial charge in [0.2, 0.25) is 0 Å². The molecule has 2 heterocycles. The lowest BCUT2D eigenvalue weighted by Crippen LogP contribution is -2.52. The third-order valence-electron chi connectivity index (χ3n) is 9.27. The van der Waals surface area contributed by atoms with Crippen molar-refractivity contribution in [2.75, 3.05) is 19.6 Å². The summed E-state index contributed by atoms with van der Waals surface area (Å²) in [6.07, 6.45) is 3.54. The zero-order valence-electron chi connectivity index (χ0n) is 26.5. The van der Waals surface area contributed by atoms with E-state index in [1.165, 1.54) is 13.8 Å². The van der Waals surface area contributed by atoms with Gasteiger partial charge in [0.1, 0.15) is 11.6 Å². The molecular weight excluding hydrogens is 578 g/mol. The fourth-order valence-electron chi connectivity index (χ4n) is 6.53. The van der Waals surface area contributed by atoms with Crippen LogP contribution in [0.25, 0.3) is 21.7 Å². The highest BCUT2D eigenvalue weighted by molar-refractivity contribution is 5.96. The molecule has 1 fully saturated rings. The summed E-state index contributed by atoms with van der Waals surface area (Å²) in [6, 6.07) is 32.1. The number of fused-ring (bicyclic) bond motifs is 2. The monoisotopic (exact) mass is 619 g/mol. The first-order valence-electron chi connectivity index (χ1n) is 16.1. The van der Waals surface area contributed by atoms with E-state index in [0.29, 0.717) is 23.9 Å². The number of carboxylic acid groups (broad SMARTS) is 1. The van der Waals surface area contributed by atoms with Crippen LogP contribution in [0.3, 0.4) is 0 Å². The Morgan fingerprint density at radius 1 is 0.826 bits per heavy atom. The maximum atomic E-state index is 13.8. The zero-order chi connectivity index (χ0) is 32.3. The lowest BCUT2D eigenvalue weighted by Gasteiger charge is -2.34. The topological polar surface area (TPSA) is 93.8 Å². The van der Waals surface area contributed by atoms with Gasteiger partial charge < -0.3 is 14.7 Å². The van der Waals surface area contributed by atoms with E-state index in [1.807, 2.05) is 42.5 Å². The molecule has 0 spiro atoms. The molecule has 1 aliphatic heterocycles. The Morgan fingerprint density at radius 3 is 1.96 bits per heavy atom. The number of ether oxygens (including phenoxy) is 1. The Bertz CT molecular complexity index is 1900. The van der Waals surface area contributed by atoms with E-state index in [1.54, 1.807) is 10.6 Å². The van der Waals surface area contributed by atoms with Crippen molar-refractivity contribution in [3.8, 4) is 0 Å². The molecule has 0 atom stereocenters. The van der Waals surface area contributed by atoms with Gasteiger partial charge in [-0.05, 0) is 80.1 Å². The Balaban J connectivity index is 1.13. The Hall–Kier alpha value is -4.53. The molecule has 6 rings (SSSR count). The second-order valence-corrected chi connectivity index (χ2v) is 12.7. The number of carbonyl (C=O) groups is 1. The highest BCUT2D eigenvalue weighted by atomic mass is 16.5. The van der Waals surface area contributed by atoms with Gasteiger partial charge in [-0.15, -0.1) is 0 Å². The number of nitrogens with zero attached hydrogens (tertiary/aromatic N) is 3. The maximum Gasteiger partial charge on any atom is 0.332 e. The number of hydrogen-bond acceptors (Lipinski definition) is 5. The number of likely N-dealkylation sites (tertiary alicyclic amines) is 1. The number of piperidine rings is 1. The quantitative estimate of drug-likeness (QED) is 0.140. The highest BCUT2D eigenvalue weighted by Crippen LogP contribution is 2.30. The summed E-state index contributed by atoms with van der Waals surface area (Å²) >= 11 is 0. The molecule has 0 bridgehead atoms. The summed E-state index contributed by atoms with van der Waals surface area (Å²) in [7, 11) is 0. The van der Waals surface area contributed by atoms with Gasteiger partial charge >= 0.3 is 11.7 Å². The predicted octanol–water partition coefficient (Wildman–Crippen LogP) is 6.19. The van der Waals surface area contributed by atoms with E-state index < -0.39 is 22.8 Å². The molecule has 8 heteroatoms. The predicted molar refractivity (Wildman–Crippen MR) is 181 cm³/mol. The van der Waals surface area contributed by atoms with Crippen molar-refractivity contribution in [3.05, 3.63) is 129 Å². The van der Waals surface area contributed by atoms with Crippen molar-refractivity contribution in [1.82, 2.24) is 14.0 Å². The molecule has 1 aromatic heterocycles. The fraction of sp³-hybridized carbons (Fsp3) is 0.342. The van der Waals surface area contributed by atoms with E-state index >= 15 is 0 Å².